The van der Waals surface area contributed by atoms with Gasteiger partial charge < -0.3 is 4.90 Å². The number of carbonyl (C=O) groups excluding carboxylic acids is 1. The number of hydrogen-bond acceptors (Lipinski definition) is 3. The first-order valence-corrected chi connectivity index (χ1v) is 9.98. The topological polar surface area (TPSA) is 66.5 Å². The summed E-state index contributed by atoms with van der Waals surface area (Å²) in [5.74, 6) is -0.900. The van der Waals surface area contributed by atoms with E-state index in [0.29, 0.717) is 31.5 Å². The van der Waals surface area contributed by atoms with Gasteiger partial charge in [-0.15, -0.1) is 0 Å². The van der Waals surface area contributed by atoms with Crippen LogP contribution in [0.25, 0.3) is 0 Å². The van der Waals surface area contributed by atoms with E-state index < -0.39 is 15.8 Å². The largest absolute Gasteiger partial charge is 0.338 e. The molecule has 0 bridgehead atoms. The Kier molecular flexibility index (Phi) is 5.38. The molecule has 1 aliphatic rings. The number of hydrogen-bond donors (Lipinski definition) is 1. The molecule has 138 valence electrons. The fraction of sp³-hybridized carbons (Fsp3) is 0.316. The van der Waals surface area contributed by atoms with Gasteiger partial charge in [-0.05, 0) is 43.5 Å². The smallest absolute Gasteiger partial charge is 0.256 e. The van der Waals surface area contributed by atoms with Crippen molar-refractivity contribution in [2.45, 2.75) is 30.7 Å². The molecule has 1 fully saturated rings. The summed E-state index contributed by atoms with van der Waals surface area (Å²) >= 11 is 0. The minimum absolute atomic E-state index is 0.0476. The van der Waals surface area contributed by atoms with E-state index in [9.17, 15) is 17.6 Å². The molecule has 2 aromatic carbocycles. The summed E-state index contributed by atoms with van der Waals surface area (Å²) in [4.78, 5) is 14.3. The molecule has 1 saturated heterocycles. The zero-order valence-corrected chi connectivity index (χ0v) is 15.3. The van der Waals surface area contributed by atoms with Crippen LogP contribution < -0.4 is 4.72 Å². The molecule has 0 aliphatic carbocycles. The van der Waals surface area contributed by atoms with Crippen LogP contribution >= 0.6 is 0 Å². The van der Waals surface area contributed by atoms with Crippen molar-refractivity contribution in [3.8, 4) is 0 Å². The predicted octanol–water partition coefficient (Wildman–Crippen LogP) is 2.72. The van der Waals surface area contributed by atoms with E-state index >= 15 is 0 Å². The van der Waals surface area contributed by atoms with Crippen LogP contribution in [0.5, 0.6) is 0 Å². The number of nitrogens with zero attached hydrogens (tertiary/aromatic N) is 1. The first-order valence-electron chi connectivity index (χ1n) is 8.50. The predicted molar refractivity (Wildman–Crippen MR) is 96.8 cm³/mol. The van der Waals surface area contributed by atoms with Gasteiger partial charge in [-0.1, -0.05) is 30.3 Å². The highest BCUT2D eigenvalue weighted by Gasteiger charge is 2.28. The summed E-state index contributed by atoms with van der Waals surface area (Å²) in [5.41, 5.74) is 0.735. The molecule has 0 unspecified atom stereocenters. The molecule has 26 heavy (non-hydrogen) atoms. The monoisotopic (exact) mass is 376 g/mol. The molecule has 0 saturated carbocycles. The highest BCUT2D eigenvalue weighted by Crippen LogP contribution is 2.19. The molecule has 1 heterocycles. The van der Waals surface area contributed by atoms with Gasteiger partial charge in [0.05, 0.1) is 10.5 Å². The van der Waals surface area contributed by atoms with Crippen molar-refractivity contribution in [2.75, 3.05) is 13.1 Å². The lowest BCUT2D eigenvalue weighted by molar-refractivity contribution is 0.0706. The number of aryl methyl sites for hydroxylation is 1. The average molecular weight is 376 g/mol. The molecule has 0 aromatic heterocycles. The van der Waals surface area contributed by atoms with Crippen molar-refractivity contribution < 1.29 is 17.6 Å². The molecule has 5 nitrogen and oxygen atoms in total. The molecule has 1 aliphatic heterocycles. The molecule has 0 spiro atoms. The minimum Gasteiger partial charge on any atom is -0.338 e. The standard InChI is InChI=1S/C19H21FN2O3S/c1-14-6-2-5-9-18(14)26(24,25)21-15-10-12-22(13-11-15)19(23)16-7-3-4-8-17(16)20/h2-9,15,21H,10-13H2,1H3. The second-order valence-corrected chi connectivity index (χ2v) is 8.12. The Morgan fingerprint density at radius 2 is 1.69 bits per heavy atom. The molecule has 1 N–H and O–H groups in total. The Labute approximate surface area is 152 Å². The van der Waals surface area contributed by atoms with Gasteiger partial charge in [0.2, 0.25) is 10.0 Å². The number of likely N-dealkylation sites (tertiary alicyclic amines) is 1. The third-order valence-corrected chi connectivity index (χ3v) is 6.27. The average Bonchev–Trinajstić information content (AvgIpc) is 2.62. The number of amides is 1. The van der Waals surface area contributed by atoms with Gasteiger partial charge in [-0.3, -0.25) is 4.79 Å². The number of sulfonamides is 1. The first-order chi connectivity index (χ1) is 12.4. The van der Waals surface area contributed by atoms with Gasteiger partial charge in [-0.25, -0.2) is 17.5 Å². The zero-order chi connectivity index (χ0) is 18.7. The van der Waals surface area contributed by atoms with E-state index in [1.807, 2.05) is 0 Å². The van der Waals surface area contributed by atoms with Gasteiger partial charge in [0.1, 0.15) is 5.82 Å². The normalized spacial score (nSPS) is 15.8. The Morgan fingerprint density at radius 3 is 2.35 bits per heavy atom. The van der Waals surface area contributed by atoms with Crippen LogP contribution in [-0.2, 0) is 10.0 Å². The maximum Gasteiger partial charge on any atom is 0.256 e. The van der Waals surface area contributed by atoms with Crippen molar-refractivity contribution in [1.82, 2.24) is 9.62 Å². The van der Waals surface area contributed by atoms with E-state index in [4.69, 9.17) is 0 Å². The molecule has 0 radical (unpaired) electrons. The summed E-state index contributed by atoms with van der Waals surface area (Å²) in [6.07, 6.45) is 0.983. The highest BCUT2D eigenvalue weighted by molar-refractivity contribution is 7.89. The van der Waals surface area contributed by atoms with Crippen LogP contribution in [0.2, 0.25) is 0 Å². The van der Waals surface area contributed by atoms with E-state index in [2.05, 4.69) is 4.72 Å². The van der Waals surface area contributed by atoms with E-state index in [1.165, 1.54) is 12.1 Å². The Hall–Kier alpha value is -2.25. The van der Waals surface area contributed by atoms with Gasteiger partial charge in [-0.2, -0.15) is 0 Å². The van der Waals surface area contributed by atoms with E-state index in [-0.39, 0.29) is 22.4 Å². The van der Waals surface area contributed by atoms with Crippen molar-refractivity contribution in [3.63, 3.8) is 0 Å². The zero-order valence-electron chi connectivity index (χ0n) is 14.5. The molecular formula is C19H21FN2O3S. The van der Waals surface area contributed by atoms with Gasteiger partial charge in [0.15, 0.2) is 0 Å². The van der Waals surface area contributed by atoms with Crippen LogP contribution in [-0.4, -0.2) is 38.4 Å². The minimum atomic E-state index is -3.60. The fourth-order valence-corrected chi connectivity index (χ4v) is 4.70. The van der Waals surface area contributed by atoms with E-state index in [1.54, 1.807) is 48.2 Å². The third-order valence-electron chi connectivity index (χ3n) is 4.59. The Balaban J connectivity index is 1.63. The Bertz CT molecular complexity index is 907. The lowest BCUT2D eigenvalue weighted by Gasteiger charge is -2.32. The number of piperidine rings is 1. The highest BCUT2D eigenvalue weighted by atomic mass is 32.2. The summed E-state index contributed by atoms with van der Waals surface area (Å²) in [6, 6.07) is 12.5. The number of rotatable bonds is 4. The molecule has 2 aromatic rings. The van der Waals surface area contributed by atoms with Crippen LogP contribution in [0.3, 0.4) is 0 Å². The van der Waals surface area contributed by atoms with Gasteiger partial charge in [0.25, 0.3) is 5.91 Å². The van der Waals surface area contributed by atoms with Crippen LogP contribution in [0.1, 0.15) is 28.8 Å². The number of benzene rings is 2. The fourth-order valence-electron chi connectivity index (χ4n) is 3.15. The summed E-state index contributed by atoms with van der Waals surface area (Å²) in [7, 11) is -3.60. The van der Waals surface area contributed by atoms with Crippen LogP contribution in [0.4, 0.5) is 4.39 Å². The second kappa shape index (κ2) is 7.55. The molecular weight excluding hydrogens is 355 g/mol. The van der Waals surface area contributed by atoms with Crippen molar-refractivity contribution in [3.05, 3.63) is 65.5 Å². The van der Waals surface area contributed by atoms with E-state index in [0.717, 1.165) is 0 Å². The maximum atomic E-state index is 13.8. The van der Waals surface area contributed by atoms with Crippen LogP contribution in [0, 0.1) is 12.7 Å². The van der Waals surface area contributed by atoms with Crippen LogP contribution in [0.15, 0.2) is 53.4 Å². The van der Waals surface area contributed by atoms with Crippen molar-refractivity contribution in [2.24, 2.45) is 0 Å². The first kappa shape index (κ1) is 18.5. The third kappa shape index (κ3) is 3.94. The molecule has 1 amide bonds. The van der Waals surface area contributed by atoms with Gasteiger partial charge in [0, 0.05) is 19.1 Å². The number of halogens is 1. The lowest BCUT2D eigenvalue weighted by Crippen LogP contribution is -2.46. The quantitative estimate of drug-likeness (QED) is 0.892. The summed E-state index contributed by atoms with van der Waals surface area (Å²) in [6.45, 7) is 2.52. The van der Waals surface area contributed by atoms with Crippen molar-refractivity contribution >= 4 is 15.9 Å². The molecule has 0 atom stereocenters. The maximum absolute atomic E-state index is 13.8. The molecule has 7 heteroatoms. The lowest BCUT2D eigenvalue weighted by atomic mass is 10.0. The SMILES string of the molecule is Cc1ccccc1S(=O)(=O)NC1CCN(C(=O)c2ccccc2F)CC1. The van der Waals surface area contributed by atoms with Crippen molar-refractivity contribution in [1.29, 1.82) is 0 Å². The Morgan fingerprint density at radius 1 is 1.08 bits per heavy atom. The number of nitrogens with one attached hydrogen (secondary N) is 1. The number of carbonyl (C=O) groups is 1. The summed E-state index contributed by atoms with van der Waals surface area (Å²) < 4.78 is 41.6. The second-order valence-electron chi connectivity index (χ2n) is 6.43. The molecule has 3 rings (SSSR count). The van der Waals surface area contributed by atoms with Gasteiger partial charge >= 0.3 is 0 Å². The summed E-state index contributed by atoms with van der Waals surface area (Å²) in [5, 5.41) is 0.